The highest BCUT2D eigenvalue weighted by Gasteiger charge is 2.18. The van der Waals surface area contributed by atoms with Crippen LogP contribution in [0.4, 0.5) is 0 Å². The SMILES string of the molecule is c1ccc(-c2nc(-c3cc(-c4ccc5oc6ccccc6c5c4)cc(-c4ccccc4-c4ccccc4)c3)cc(-c3ccc(-c4ccccc4)c4ccccc34)n2)cc1. The number of benzene rings is 9. The second kappa shape index (κ2) is 14.6. The molecule has 0 unspecified atom stereocenters. The molecule has 2 heterocycles. The van der Waals surface area contributed by atoms with Crippen molar-refractivity contribution < 1.29 is 4.42 Å². The number of rotatable bonds is 7. The maximum atomic E-state index is 6.25. The van der Waals surface area contributed by atoms with Crippen molar-refractivity contribution in [3.8, 4) is 78.4 Å². The monoisotopic (exact) mass is 752 g/mol. The zero-order valence-corrected chi connectivity index (χ0v) is 32.1. The first kappa shape index (κ1) is 34.4. The molecule has 0 aliphatic rings. The number of fused-ring (bicyclic) bond motifs is 4. The minimum Gasteiger partial charge on any atom is -0.456 e. The smallest absolute Gasteiger partial charge is 0.160 e. The summed E-state index contributed by atoms with van der Waals surface area (Å²) in [7, 11) is 0. The molecule has 0 aliphatic carbocycles. The summed E-state index contributed by atoms with van der Waals surface area (Å²) in [5, 5.41) is 4.52. The lowest BCUT2D eigenvalue weighted by Crippen LogP contribution is -1.97. The zero-order valence-electron chi connectivity index (χ0n) is 32.1. The van der Waals surface area contributed by atoms with Gasteiger partial charge in [-0.2, -0.15) is 0 Å². The van der Waals surface area contributed by atoms with Crippen molar-refractivity contribution in [2.45, 2.75) is 0 Å². The number of hydrogen-bond donors (Lipinski definition) is 0. The Morgan fingerprint density at radius 1 is 0.254 bits per heavy atom. The van der Waals surface area contributed by atoms with Gasteiger partial charge in [0, 0.05) is 27.5 Å². The average Bonchev–Trinajstić information content (AvgIpc) is 3.70. The minimum atomic E-state index is 0.678. The van der Waals surface area contributed by atoms with Gasteiger partial charge in [0.2, 0.25) is 0 Å². The first-order valence-corrected chi connectivity index (χ1v) is 20.0. The Morgan fingerprint density at radius 2 is 0.763 bits per heavy atom. The Hall–Kier alpha value is -7.88. The van der Waals surface area contributed by atoms with Gasteiger partial charge in [-0.1, -0.05) is 176 Å². The van der Waals surface area contributed by atoms with Crippen molar-refractivity contribution in [1.29, 1.82) is 0 Å². The molecule has 0 N–H and O–H groups in total. The van der Waals surface area contributed by atoms with E-state index in [1.807, 2.05) is 30.3 Å². The summed E-state index contributed by atoms with van der Waals surface area (Å²) in [6.45, 7) is 0. The molecule has 9 aromatic carbocycles. The van der Waals surface area contributed by atoms with Crippen molar-refractivity contribution in [1.82, 2.24) is 9.97 Å². The van der Waals surface area contributed by atoms with Crippen LogP contribution in [-0.2, 0) is 0 Å². The Bertz CT molecular complexity index is 3310. The van der Waals surface area contributed by atoms with Crippen LogP contribution in [0.15, 0.2) is 223 Å². The van der Waals surface area contributed by atoms with E-state index in [9.17, 15) is 0 Å². The maximum Gasteiger partial charge on any atom is 0.160 e. The van der Waals surface area contributed by atoms with E-state index in [4.69, 9.17) is 14.4 Å². The number of aromatic nitrogens is 2. The Morgan fingerprint density at radius 3 is 1.49 bits per heavy atom. The van der Waals surface area contributed by atoms with Crippen LogP contribution in [-0.4, -0.2) is 9.97 Å². The fraction of sp³-hybridized carbons (Fsp3) is 0. The fourth-order valence-corrected chi connectivity index (χ4v) is 8.45. The molecule has 0 saturated carbocycles. The molecule has 0 atom stereocenters. The molecule has 3 nitrogen and oxygen atoms in total. The van der Waals surface area contributed by atoms with Crippen LogP contribution < -0.4 is 0 Å². The molecule has 0 spiro atoms. The summed E-state index contributed by atoms with van der Waals surface area (Å²) in [6, 6.07) is 77.1. The summed E-state index contributed by atoms with van der Waals surface area (Å²) in [4.78, 5) is 10.7. The third kappa shape index (κ3) is 6.36. The van der Waals surface area contributed by atoms with E-state index in [0.29, 0.717) is 5.82 Å². The molecule has 276 valence electrons. The second-order valence-electron chi connectivity index (χ2n) is 14.9. The van der Waals surface area contributed by atoms with E-state index < -0.39 is 0 Å². The van der Waals surface area contributed by atoms with Crippen molar-refractivity contribution in [2.24, 2.45) is 0 Å². The third-order valence-electron chi connectivity index (χ3n) is 11.3. The first-order chi connectivity index (χ1) is 29.2. The largest absolute Gasteiger partial charge is 0.456 e. The van der Waals surface area contributed by atoms with Gasteiger partial charge in [0.15, 0.2) is 5.82 Å². The Kier molecular flexibility index (Phi) is 8.49. The van der Waals surface area contributed by atoms with Crippen LogP contribution in [0.2, 0.25) is 0 Å². The lowest BCUT2D eigenvalue weighted by molar-refractivity contribution is 0.669. The lowest BCUT2D eigenvalue weighted by atomic mass is 9.90. The predicted molar refractivity (Wildman–Crippen MR) is 245 cm³/mol. The molecule has 0 amide bonds. The maximum absolute atomic E-state index is 6.25. The van der Waals surface area contributed by atoms with Crippen LogP contribution in [0.1, 0.15) is 0 Å². The van der Waals surface area contributed by atoms with E-state index in [1.165, 1.54) is 27.6 Å². The van der Waals surface area contributed by atoms with Crippen LogP contribution in [0.5, 0.6) is 0 Å². The van der Waals surface area contributed by atoms with Crippen LogP contribution >= 0.6 is 0 Å². The van der Waals surface area contributed by atoms with E-state index in [-0.39, 0.29) is 0 Å². The highest BCUT2D eigenvalue weighted by molar-refractivity contribution is 6.07. The minimum absolute atomic E-state index is 0.678. The van der Waals surface area contributed by atoms with Gasteiger partial charge in [0.25, 0.3) is 0 Å². The molecule has 0 aliphatic heterocycles. The summed E-state index contributed by atoms with van der Waals surface area (Å²) in [6.07, 6.45) is 0. The summed E-state index contributed by atoms with van der Waals surface area (Å²) >= 11 is 0. The van der Waals surface area contributed by atoms with E-state index in [1.54, 1.807) is 0 Å². The molecule has 0 radical (unpaired) electrons. The second-order valence-corrected chi connectivity index (χ2v) is 14.9. The molecular weight excluding hydrogens is 717 g/mol. The number of hydrogen-bond acceptors (Lipinski definition) is 3. The van der Waals surface area contributed by atoms with Gasteiger partial charge in [-0.15, -0.1) is 0 Å². The highest BCUT2D eigenvalue weighted by atomic mass is 16.3. The van der Waals surface area contributed by atoms with Gasteiger partial charge in [-0.3, -0.25) is 0 Å². The number of furan rings is 1. The van der Waals surface area contributed by atoms with Gasteiger partial charge >= 0.3 is 0 Å². The average molecular weight is 753 g/mol. The molecule has 0 fully saturated rings. The molecular formula is C56H36N2O. The van der Waals surface area contributed by atoms with Crippen LogP contribution in [0.25, 0.3) is 111 Å². The molecule has 3 heteroatoms. The zero-order chi connectivity index (χ0) is 39.1. The van der Waals surface area contributed by atoms with E-state index >= 15 is 0 Å². The summed E-state index contributed by atoms with van der Waals surface area (Å²) in [5.41, 5.74) is 15.7. The molecule has 0 bridgehead atoms. The van der Waals surface area contributed by atoms with Crippen molar-refractivity contribution in [3.63, 3.8) is 0 Å². The highest BCUT2D eigenvalue weighted by Crippen LogP contribution is 2.41. The van der Waals surface area contributed by atoms with Crippen molar-refractivity contribution in [3.05, 3.63) is 218 Å². The van der Waals surface area contributed by atoms with Gasteiger partial charge < -0.3 is 4.42 Å². The summed E-state index contributed by atoms with van der Waals surface area (Å²) in [5.74, 6) is 0.678. The predicted octanol–water partition coefficient (Wildman–Crippen LogP) is 15.2. The summed E-state index contributed by atoms with van der Waals surface area (Å²) < 4.78 is 6.25. The molecule has 0 saturated heterocycles. The topological polar surface area (TPSA) is 38.9 Å². The number of para-hydroxylation sites is 1. The fourth-order valence-electron chi connectivity index (χ4n) is 8.45. The molecule has 11 aromatic rings. The molecule has 59 heavy (non-hydrogen) atoms. The lowest BCUT2D eigenvalue weighted by Gasteiger charge is -2.16. The van der Waals surface area contributed by atoms with Crippen molar-refractivity contribution >= 4 is 32.7 Å². The standard InChI is InChI=1S/C56H36N2O/c1-4-16-37(17-5-1)44-22-10-11-23-45(44)42-32-41(40-28-31-55-51(35-40)50-26-14-15-27-54(50)59-55)33-43(34-42)52-36-53(58-56(57-52)39-20-8-3-9-21-39)49-30-29-46(38-18-6-2-7-19-38)47-24-12-13-25-48(47)49/h1-36H. The molecule has 2 aromatic heterocycles. The van der Waals surface area contributed by atoms with Gasteiger partial charge in [-0.25, -0.2) is 9.97 Å². The van der Waals surface area contributed by atoms with Gasteiger partial charge in [0.1, 0.15) is 11.2 Å². The quantitative estimate of drug-likeness (QED) is 0.163. The van der Waals surface area contributed by atoms with Crippen LogP contribution in [0, 0.1) is 0 Å². The first-order valence-electron chi connectivity index (χ1n) is 20.0. The van der Waals surface area contributed by atoms with Crippen LogP contribution in [0.3, 0.4) is 0 Å². The van der Waals surface area contributed by atoms with Gasteiger partial charge in [-0.05, 0) is 97.7 Å². The Balaban J connectivity index is 1.16. The van der Waals surface area contributed by atoms with E-state index in [0.717, 1.165) is 77.7 Å². The van der Waals surface area contributed by atoms with Gasteiger partial charge in [0.05, 0.1) is 11.4 Å². The molecule has 11 rings (SSSR count). The third-order valence-corrected chi connectivity index (χ3v) is 11.3. The number of nitrogens with zero attached hydrogens (tertiary/aromatic N) is 2. The Labute approximate surface area is 342 Å². The normalized spacial score (nSPS) is 11.4. The van der Waals surface area contributed by atoms with E-state index in [2.05, 4.69) is 188 Å². The van der Waals surface area contributed by atoms with Crippen molar-refractivity contribution in [2.75, 3.05) is 0 Å².